The first-order valence-corrected chi connectivity index (χ1v) is 9.38. The molecule has 1 saturated carbocycles. The number of hydrogen-bond donors (Lipinski definition) is 1. The Morgan fingerprint density at radius 1 is 1.23 bits per heavy atom. The molecule has 1 aromatic carbocycles. The minimum atomic E-state index is -4.86. The zero-order valence-corrected chi connectivity index (χ0v) is 16.0. The summed E-state index contributed by atoms with van der Waals surface area (Å²) < 4.78 is 59.9. The Bertz CT molecular complexity index is 1260. The predicted octanol–water partition coefficient (Wildman–Crippen LogP) is 1.14. The van der Waals surface area contributed by atoms with Crippen molar-refractivity contribution >= 4 is 29.7 Å². The number of fused-ring (bicyclic) bond motifs is 2. The van der Waals surface area contributed by atoms with Crippen LogP contribution in [0.15, 0.2) is 18.2 Å². The van der Waals surface area contributed by atoms with E-state index in [0.717, 1.165) is 17.8 Å². The topological polar surface area (TPSA) is 76.4 Å². The van der Waals surface area contributed by atoms with Gasteiger partial charge in [0.05, 0.1) is 42.0 Å². The average molecular weight is 435 g/mol. The standard InChI is InChI=1S/C20H14F4N4O3/c1-9-25-14-5-16(29)28(18-11-7-30-8-12(11)18)6-10(14)19(26-9)27-31-15-4-2-3-13(17(15)21)20(22,23)24/h2-6,11-12H,7-8H2,1H3/p+1/b28-18-/t11-,12+/m0/s1. The van der Waals surface area contributed by atoms with E-state index in [1.165, 1.54) is 10.7 Å². The van der Waals surface area contributed by atoms with Gasteiger partial charge in [-0.25, -0.2) is 24.6 Å². The van der Waals surface area contributed by atoms with Gasteiger partial charge in [0.2, 0.25) is 0 Å². The van der Waals surface area contributed by atoms with Crippen molar-refractivity contribution in [3.8, 4) is 5.75 Å². The summed E-state index contributed by atoms with van der Waals surface area (Å²) in [6.07, 6.45) is -1.96. The van der Waals surface area contributed by atoms with Crippen LogP contribution in [-0.2, 0) is 15.7 Å². The number of halogens is 4. The fraction of sp³-hybridized carbons (Fsp3) is 0.300. The molecule has 3 aliphatic rings. The summed E-state index contributed by atoms with van der Waals surface area (Å²) in [5, 5.41) is 0.725. The van der Waals surface area contributed by atoms with E-state index in [1.807, 2.05) is 0 Å². The van der Waals surface area contributed by atoms with E-state index < -0.39 is 23.3 Å². The highest BCUT2D eigenvalue weighted by atomic mass is 19.4. The van der Waals surface area contributed by atoms with Gasteiger partial charge >= 0.3 is 12.1 Å². The Morgan fingerprint density at radius 3 is 2.68 bits per heavy atom. The monoisotopic (exact) mass is 435 g/mol. The molecule has 2 fully saturated rings. The van der Waals surface area contributed by atoms with Crippen molar-refractivity contribution in [2.75, 3.05) is 18.7 Å². The third-order valence-corrected chi connectivity index (χ3v) is 5.38. The maximum Gasteiger partial charge on any atom is 0.419 e. The van der Waals surface area contributed by atoms with Crippen LogP contribution < -0.4 is 20.9 Å². The van der Waals surface area contributed by atoms with Gasteiger partial charge in [0.1, 0.15) is 11.0 Å². The number of amides is 1. The maximum absolute atomic E-state index is 14.2. The molecule has 1 aromatic heterocycles. The van der Waals surface area contributed by atoms with Crippen molar-refractivity contribution in [2.45, 2.75) is 13.1 Å². The van der Waals surface area contributed by atoms with Crippen molar-refractivity contribution in [3.05, 3.63) is 46.0 Å². The Balaban J connectivity index is 1.52. The first-order valence-electron chi connectivity index (χ1n) is 9.38. The molecule has 160 valence electrons. The second-order valence-corrected chi connectivity index (χ2v) is 7.39. The van der Waals surface area contributed by atoms with Crippen molar-refractivity contribution in [1.82, 2.24) is 9.97 Å². The van der Waals surface area contributed by atoms with Crippen molar-refractivity contribution in [2.24, 2.45) is 11.8 Å². The predicted molar refractivity (Wildman–Crippen MR) is 98.7 cm³/mol. The van der Waals surface area contributed by atoms with Gasteiger partial charge in [-0.2, -0.15) is 13.2 Å². The van der Waals surface area contributed by atoms with Gasteiger partial charge in [0.15, 0.2) is 29.3 Å². The Kier molecular flexibility index (Phi) is 4.33. The van der Waals surface area contributed by atoms with E-state index in [1.54, 1.807) is 13.1 Å². The van der Waals surface area contributed by atoms with Crippen molar-refractivity contribution in [1.29, 1.82) is 0 Å². The second-order valence-electron chi connectivity index (χ2n) is 7.39. The number of rotatable bonds is 3. The molecule has 0 spiro atoms. The summed E-state index contributed by atoms with van der Waals surface area (Å²) in [6, 6.07) is 2.72. The molecule has 1 N–H and O–H groups in total. The van der Waals surface area contributed by atoms with Crippen LogP contribution in [0.3, 0.4) is 0 Å². The lowest BCUT2D eigenvalue weighted by molar-refractivity contribution is -0.341. The fourth-order valence-corrected chi connectivity index (χ4v) is 3.86. The number of anilines is 1. The third-order valence-electron chi connectivity index (χ3n) is 5.38. The fourth-order valence-electron chi connectivity index (χ4n) is 3.86. The zero-order chi connectivity index (χ0) is 21.9. The SMILES string of the molecule is Cc1nc(NOc2cccc(C(F)(F)F)c2F)c2c(n1)=CC(=O)/[N+](=C1/[C@H]3COC[C@@H]13)C=2. The molecule has 2 aliphatic heterocycles. The quantitative estimate of drug-likeness (QED) is 0.443. The number of carbonyl (C=O) groups is 1. The molecule has 0 radical (unpaired) electrons. The number of alkyl halides is 3. The van der Waals surface area contributed by atoms with Gasteiger partial charge in [0.25, 0.3) is 0 Å². The second kappa shape index (κ2) is 6.84. The first-order chi connectivity index (χ1) is 14.7. The number of nitrogens with zero attached hydrogens (tertiary/aromatic N) is 3. The summed E-state index contributed by atoms with van der Waals surface area (Å²) >= 11 is 0. The number of aryl methyl sites for hydroxylation is 1. The van der Waals surface area contributed by atoms with Crippen LogP contribution >= 0.6 is 0 Å². The van der Waals surface area contributed by atoms with E-state index in [9.17, 15) is 22.4 Å². The van der Waals surface area contributed by atoms with Crippen LogP contribution in [0.1, 0.15) is 11.4 Å². The Hall–Kier alpha value is -3.34. The van der Waals surface area contributed by atoms with Gasteiger partial charge in [-0.05, 0) is 19.1 Å². The molecule has 11 heteroatoms. The summed E-state index contributed by atoms with van der Waals surface area (Å²) in [5.74, 6) is -1.68. The molecule has 5 rings (SSSR count). The van der Waals surface area contributed by atoms with Crippen LogP contribution in [0.2, 0.25) is 0 Å². The lowest BCUT2D eigenvalue weighted by atomic mass is 10.2. The molecule has 1 amide bonds. The average Bonchev–Trinajstić information content (AvgIpc) is 3.15. The van der Waals surface area contributed by atoms with Gasteiger partial charge in [-0.3, -0.25) is 0 Å². The van der Waals surface area contributed by atoms with E-state index in [-0.39, 0.29) is 23.6 Å². The van der Waals surface area contributed by atoms with Crippen LogP contribution in [0.25, 0.3) is 12.3 Å². The van der Waals surface area contributed by atoms with Gasteiger partial charge < -0.3 is 9.57 Å². The Morgan fingerprint density at radius 2 is 1.97 bits per heavy atom. The summed E-state index contributed by atoms with van der Waals surface area (Å²) in [7, 11) is 0. The molecule has 0 bridgehead atoms. The lowest BCUT2D eigenvalue weighted by Gasteiger charge is -2.13. The molecule has 3 heterocycles. The molecule has 2 atom stereocenters. The van der Waals surface area contributed by atoms with Gasteiger partial charge in [-0.1, -0.05) is 6.07 Å². The van der Waals surface area contributed by atoms with Crippen LogP contribution in [0.4, 0.5) is 23.4 Å². The molecular formula is C20H15F4N4O3+. The third kappa shape index (κ3) is 3.34. The smallest absolute Gasteiger partial charge is 0.380 e. The molecular weight excluding hydrogens is 420 g/mol. The highest BCUT2D eigenvalue weighted by Gasteiger charge is 2.59. The maximum atomic E-state index is 14.2. The number of nitrogens with one attached hydrogen (secondary N) is 1. The number of aromatic nitrogens is 2. The lowest BCUT2D eigenvalue weighted by Crippen LogP contribution is -2.41. The van der Waals surface area contributed by atoms with Crippen LogP contribution in [-0.4, -0.2) is 39.4 Å². The normalized spacial score (nSPS) is 24.1. The van der Waals surface area contributed by atoms with Crippen LogP contribution in [0.5, 0.6) is 5.75 Å². The van der Waals surface area contributed by atoms with E-state index >= 15 is 0 Å². The van der Waals surface area contributed by atoms with Crippen molar-refractivity contribution < 1.29 is 36.5 Å². The number of carbonyl (C=O) groups excluding carboxylic acids is 1. The molecule has 1 aliphatic carbocycles. The molecule has 31 heavy (non-hydrogen) atoms. The molecule has 0 unspecified atom stereocenters. The molecule has 7 nitrogen and oxygen atoms in total. The highest BCUT2D eigenvalue weighted by molar-refractivity contribution is 6.09. The molecule has 1 saturated heterocycles. The van der Waals surface area contributed by atoms with Gasteiger partial charge in [0, 0.05) is 0 Å². The van der Waals surface area contributed by atoms with Crippen molar-refractivity contribution in [3.63, 3.8) is 0 Å². The summed E-state index contributed by atoms with van der Waals surface area (Å²) in [6.45, 7) is 2.69. The Labute approximate surface area is 172 Å². The molecule has 2 aromatic rings. The van der Waals surface area contributed by atoms with Crippen LogP contribution in [0, 0.1) is 24.6 Å². The summed E-state index contributed by atoms with van der Waals surface area (Å²) in [5.41, 5.74) is 1.91. The van der Waals surface area contributed by atoms with E-state index in [4.69, 9.17) is 9.57 Å². The first kappa shape index (κ1) is 19.6. The van der Waals surface area contributed by atoms with Gasteiger partial charge in [-0.15, -0.1) is 4.58 Å². The minimum Gasteiger partial charge on any atom is -0.380 e. The van der Waals surface area contributed by atoms with E-state index in [2.05, 4.69) is 15.4 Å². The summed E-state index contributed by atoms with van der Waals surface area (Å²) in [4.78, 5) is 26.1. The minimum absolute atomic E-state index is 0.0933. The zero-order valence-electron chi connectivity index (χ0n) is 16.0. The largest absolute Gasteiger partial charge is 0.419 e. The number of ether oxygens (including phenoxy) is 1. The number of benzene rings is 1. The highest BCUT2D eigenvalue weighted by Crippen LogP contribution is 2.40. The van der Waals surface area contributed by atoms with E-state index in [0.29, 0.717) is 35.7 Å². The number of hydrogen-bond acceptors (Lipinski definition) is 6.